The van der Waals surface area contributed by atoms with Crippen LogP contribution >= 0.6 is 11.6 Å². The van der Waals surface area contributed by atoms with E-state index in [9.17, 15) is 0 Å². The van der Waals surface area contributed by atoms with E-state index in [-0.39, 0.29) is 35.0 Å². The van der Waals surface area contributed by atoms with Crippen molar-refractivity contribution in [3.05, 3.63) is 0 Å². The van der Waals surface area contributed by atoms with Gasteiger partial charge in [0, 0.05) is 41.5 Å². The molecule has 3 heterocycles. The molecule has 2 nitrogen and oxygen atoms in total. The summed E-state index contributed by atoms with van der Waals surface area (Å²) in [6, 6.07) is 0. The number of piperidine rings is 3. The van der Waals surface area contributed by atoms with Gasteiger partial charge >= 0.3 is 0 Å². The second-order valence-electron chi connectivity index (χ2n) is 3.15. The minimum Gasteiger partial charge on any atom is -0.412 e. The minimum atomic E-state index is 0. The molecule has 3 rings (SSSR count). The van der Waals surface area contributed by atoms with E-state index in [1.165, 1.54) is 25.9 Å². The van der Waals surface area contributed by atoms with Gasteiger partial charge in [0.25, 0.3) is 0 Å². The van der Waals surface area contributed by atoms with Gasteiger partial charge in [-0.1, -0.05) is 0 Å². The Morgan fingerprint density at radius 3 is 1.91 bits per heavy atom. The minimum absolute atomic E-state index is 0. The van der Waals surface area contributed by atoms with Gasteiger partial charge in [-0.25, -0.2) is 0 Å². The van der Waals surface area contributed by atoms with Crippen LogP contribution in [0.3, 0.4) is 0 Å². The average Bonchev–Trinajstić information content (AvgIpc) is 1.90. The van der Waals surface area contributed by atoms with Crippen molar-refractivity contribution in [1.82, 2.24) is 4.90 Å². The van der Waals surface area contributed by atoms with Gasteiger partial charge in [0.1, 0.15) is 0 Å². The number of halogens is 1. The maximum atomic E-state index is 6.07. The van der Waals surface area contributed by atoms with Crippen LogP contribution < -0.4 is 0 Å². The summed E-state index contributed by atoms with van der Waals surface area (Å²) in [6.07, 6.45) is 2.68. The Labute approximate surface area is 94.9 Å². The quantitative estimate of drug-likeness (QED) is 0.391. The Kier molecular flexibility index (Phi) is 5.61. The number of rotatable bonds is 0. The van der Waals surface area contributed by atoms with E-state index in [1.807, 2.05) is 0 Å². The van der Waals surface area contributed by atoms with Gasteiger partial charge in [0.05, 0.1) is 0 Å². The van der Waals surface area contributed by atoms with Crippen LogP contribution in [-0.2, 0) is 0 Å². The first-order valence-corrected chi connectivity index (χ1v) is 4.16. The molecule has 0 amide bonds. The molecule has 1 radical (unpaired) electrons. The van der Waals surface area contributed by atoms with Crippen LogP contribution in [0.25, 0.3) is 0 Å². The first-order valence-electron chi connectivity index (χ1n) is 3.72. The van der Waals surface area contributed by atoms with E-state index in [4.69, 9.17) is 11.6 Å². The molecule has 2 bridgehead atoms. The van der Waals surface area contributed by atoms with Crippen LogP contribution in [0, 0.1) is 5.92 Å². The van der Waals surface area contributed by atoms with Crippen LogP contribution in [-0.4, -0.2) is 64.9 Å². The van der Waals surface area contributed by atoms with Crippen LogP contribution in [0.15, 0.2) is 0 Å². The third-order valence-electron chi connectivity index (χ3n) is 2.58. The van der Waals surface area contributed by atoms with E-state index in [0.29, 0.717) is 5.38 Å². The molecule has 61 valence electrons. The largest absolute Gasteiger partial charge is 0.412 e. The molecule has 1 unspecified atom stereocenters. The molecule has 0 aliphatic carbocycles. The second-order valence-corrected chi connectivity index (χ2v) is 3.71. The predicted octanol–water partition coefficient (Wildman–Crippen LogP) is 0.114. The van der Waals surface area contributed by atoms with Gasteiger partial charge in [0.2, 0.25) is 0 Å². The van der Waals surface area contributed by atoms with Crippen molar-refractivity contribution in [3.8, 4) is 0 Å². The van der Waals surface area contributed by atoms with Crippen molar-refractivity contribution in [2.45, 2.75) is 18.2 Å². The maximum Gasteiger partial charge on any atom is 0.0492 e. The van der Waals surface area contributed by atoms with Gasteiger partial charge in [-0.05, 0) is 31.8 Å². The Hall–Kier alpha value is 1.21. The zero-order chi connectivity index (χ0) is 6.27. The standard InChI is InChI=1S/C7H12ClN.Na.H2O/c8-7-5-9-3-1-6(7)2-4-9;;/h6-7H,1-5H2;;1H2. The summed E-state index contributed by atoms with van der Waals surface area (Å²) in [5, 5.41) is 0.465. The monoisotopic (exact) mass is 186 g/mol. The Morgan fingerprint density at radius 1 is 1.18 bits per heavy atom. The van der Waals surface area contributed by atoms with Gasteiger partial charge in [-0.2, -0.15) is 0 Å². The number of hydrogen-bond acceptors (Lipinski definition) is 1. The molecule has 3 aliphatic rings. The van der Waals surface area contributed by atoms with Crippen molar-refractivity contribution in [1.29, 1.82) is 0 Å². The summed E-state index contributed by atoms with van der Waals surface area (Å²) >= 11 is 6.07. The van der Waals surface area contributed by atoms with E-state index >= 15 is 0 Å². The first kappa shape index (κ1) is 12.2. The Bertz CT molecular complexity index is 117. The second kappa shape index (κ2) is 5.05. The molecular formula is C7H14ClNNaO. The van der Waals surface area contributed by atoms with E-state index in [1.54, 1.807) is 0 Å². The number of alkyl halides is 1. The number of hydrogen-bond donors (Lipinski definition) is 0. The fourth-order valence-electron chi connectivity index (χ4n) is 1.89. The molecule has 4 heteroatoms. The number of nitrogens with zero attached hydrogens (tertiary/aromatic N) is 1. The summed E-state index contributed by atoms with van der Waals surface area (Å²) in [7, 11) is 0. The van der Waals surface area contributed by atoms with E-state index in [0.717, 1.165) is 12.5 Å². The first-order chi connectivity index (χ1) is 4.36. The third kappa shape index (κ3) is 2.58. The molecule has 0 aromatic carbocycles. The number of fused-ring (bicyclic) bond motifs is 3. The summed E-state index contributed by atoms with van der Waals surface area (Å²) in [6.45, 7) is 3.74. The molecule has 0 spiro atoms. The van der Waals surface area contributed by atoms with Gasteiger partial charge in [-0.15, -0.1) is 11.6 Å². The van der Waals surface area contributed by atoms with Crippen LogP contribution in [0.2, 0.25) is 0 Å². The van der Waals surface area contributed by atoms with Gasteiger partial charge in [0.15, 0.2) is 0 Å². The molecule has 3 fully saturated rings. The smallest absolute Gasteiger partial charge is 0.0492 e. The molecule has 1 atom stereocenters. The normalized spacial score (nSPS) is 40.6. The Morgan fingerprint density at radius 2 is 1.73 bits per heavy atom. The SMILES string of the molecule is ClC1CN2CCC1CC2.O.[Na]. The zero-order valence-corrected chi connectivity index (χ0v) is 9.77. The van der Waals surface area contributed by atoms with E-state index < -0.39 is 0 Å². The molecule has 0 saturated carbocycles. The summed E-state index contributed by atoms with van der Waals surface area (Å²) in [5.41, 5.74) is 0. The average molecular weight is 187 g/mol. The van der Waals surface area contributed by atoms with Gasteiger partial charge < -0.3 is 10.4 Å². The fraction of sp³-hybridized carbons (Fsp3) is 1.00. The van der Waals surface area contributed by atoms with Crippen molar-refractivity contribution >= 4 is 41.2 Å². The summed E-state index contributed by atoms with van der Waals surface area (Å²) in [5.74, 6) is 0.844. The topological polar surface area (TPSA) is 34.7 Å². The van der Waals surface area contributed by atoms with Crippen molar-refractivity contribution in [3.63, 3.8) is 0 Å². The Balaban J connectivity index is 0.000000500. The van der Waals surface area contributed by atoms with Gasteiger partial charge in [-0.3, -0.25) is 0 Å². The zero-order valence-electron chi connectivity index (χ0n) is 7.02. The predicted molar refractivity (Wildman–Crippen MR) is 48.2 cm³/mol. The third-order valence-corrected chi connectivity index (χ3v) is 3.07. The molecule has 0 aromatic rings. The fourth-order valence-corrected chi connectivity index (χ4v) is 2.34. The van der Waals surface area contributed by atoms with Crippen LogP contribution in [0.1, 0.15) is 12.8 Å². The maximum absolute atomic E-state index is 6.07. The van der Waals surface area contributed by atoms with Crippen molar-refractivity contribution < 1.29 is 5.48 Å². The molecule has 11 heavy (non-hydrogen) atoms. The van der Waals surface area contributed by atoms with Crippen LogP contribution in [0.5, 0.6) is 0 Å². The molecule has 3 saturated heterocycles. The van der Waals surface area contributed by atoms with Crippen LogP contribution in [0.4, 0.5) is 0 Å². The van der Waals surface area contributed by atoms with Crippen molar-refractivity contribution in [2.24, 2.45) is 5.92 Å². The summed E-state index contributed by atoms with van der Waals surface area (Å²) < 4.78 is 0. The molecule has 3 aliphatic heterocycles. The molecule has 2 N–H and O–H groups in total. The van der Waals surface area contributed by atoms with Crippen molar-refractivity contribution in [2.75, 3.05) is 19.6 Å². The van der Waals surface area contributed by atoms with E-state index in [2.05, 4.69) is 4.90 Å². The summed E-state index contributed by atoms with van der Waals surface area (Å²) in [4.78, 5) is 2.47. The molecule has 0 aromatic heterocycles. The molecular weight excluding hydrogens is 173 g/mol.